The third-order valence-electron chi connectivity index (χ3n) is 3.67. The summed E-state index contributed by atoms with van der Waals surface area (Å²) >= 11 is 4.91. The number of nitrogens with zero attached hydrogens (tertiary/aromatic N) is 4. The number of halogens is 2. The summed E-state index contributed by atoms with van der Waals surface area (Å²) in [4.78, 5) is 4.33. The summed E-state index contributed by atoms with van der Waals surface area (Å²) in [6.07, 6.45) is 0. The van der Waals surface area contributed by atoms with Crippen LogP contribution in [0.4, 0.5) is 4.39 Å². The molecule has 2 heterocycles. The standard InChI is InChI=1S/C19H12BrFN4OS/c20-14-3-1-2-13(10-14)16-8-9-18(24-23-16)27-11-17-22-19(25-26-17)12-4-6-15(21)7-5-12/h1-10H,11H2. The SMILES string of the molecule is Fc1ccc(-c2noc(CSc3ccc(-c4cccc(Br)c4)nn3)n2)cc1. The highest BCUT2D eigenvalue weighted by Crippen LogP contribution is 2.25. The van der Waals surface area contributed by atoms with Gasteiger partial charge in [0.15, 0.2) is 0 Å². The van der Waals surface area contributed by atoms with Gasteiger partial charge in [0.1, 0.15) is 10.8 Å². The maximum Gasteiger partial charge on any atom is 0.237 e. The Morgan fingerprint density at radius 3 is 2.56 bits per heavy atom. The number of hydrogen-bond donors (Lipinski definition) is 0. The quantitative estimate of drug-likeness (QED) is 0.386. The van der Waals surface area contributed by atoms with Gasteiger partial charge < -0.3 is 4.52 Å². The van der Waals surface area contributed by atoms with Crippen LogP contribution in [0, 0.1) is 5.82 Å². The molecule has 0 unspecified atom stereocenters. The van der Waals surface area contributed by atoms with Gasteiger partial charge in [0.05, 0.1) is 11.4 Å². The van der Waals surface area contributed by atoms with E-state index < -0.39 is 0 Å². The third-order valence-corrected chi connectivity index (χ3v) is 5.07. The Morgan fingerprint density at radius 2 is 1.81 bits per heavy atom. The summed E-state index contributed by atoms with van der Waals surface area (Å²) < 4.78 is 19.2. The van der Waals surface area contributed by atoms with Gasteiger partial charge >= 0.3 is 0 Å². The van der Waals surface area contributed by atoms with E-state index in [4.69, 9.17) is 4.52 Å². The minimum atomic E-state index is -0.303. The van der Waals surface area contributed by atoms with Gasteiger partial charge in [0, 0.05) is 15.6 Å². The van der Waals surface area contributed by atoms with Crippen molar-refractivity contribution in [3.8, 4) is 22.6 Å². The molecule has 4 rings (SSSR count). The van der Waals surface area contributed by atoms with Crippen molar-refractivity contribution in [1.82, 2.24) is 20.3 Å². The summed E-state index contributed by atoms with van der Waals surface area (Å²) in [6, 6.07) is 17.7. The van der Waals surface area contributed by atoms with E-state index in [1.54, 1.807) is 12.1 Å². The predicted octanol–water partition coefficient (Wildman–Crippen LogP) is 5.39. The molecule has 5 nitrogen and oxygen atoms in total. The average Bonchev–Trinajstić information content (AvgIpc) is 3.16. The van der Waals surface area contributed by atoms with Crippen molar-refractivity contribution in [3.63, 3.8) is 0 Å². The maximum atomic E-state index is 13.0. The van der Waals surface area contributed by atoms with E-state index in [0.29, 0.717) is 23.0 Å². The molecule has 0 aliphatic carbocycles. The van der Waals surface area contributed by atoms with E-state index in [1.165, 1.54) is 23.9 Å². The van der Waals surface area contributed by atoms with Crippen LogP contribution in [-0.2, 0) is 5.75 Å². The molecule has 0 saturated carbocycles. The van der Waals surface area contributed by atoms with E-state index in [-0.39, 0.29) is 5.82 Å². The molecule has 0 atom stereocenters. The Balaban J connectivity index is 1.41. The second-order valence-electron chi connectivity index (χ2n) is 5.57. The summed E-state index contributed by atoms with van der Waals surface area (Å²) in [5.41, 5.74) is 2.50. The highest BCUT2D eigenvalue weighted by atomic mass is 79.9. The van der Waals surface area contributed by atoms with Crippen LogP contribution in [0.25, 0.3) is 22.6 Å². The molecule has 0 bridgehead atoms. The van der Waals surface area contributed by atoms with E-state index in [1.807, 2.05) is 36.4 Å². The molecule has 8 heteroatoms. The van der Waals surface area contributed by atoms with Crippen molar-refractivity contribution in [1.29, 1.82) is 0 Å². The molecule has 134 valence electrons. The topological polar surface area (TPSA) is 64.7 Å². The number of thioether (sulfide) groups is 1. The molecule has 0 spiro atoms. The van der Waals surface area contributed by atoms with Crippen LogP contribution in [0.15, 0.2) is 74.7 Å². The van der Waals surface area contributed by atoms with Crippen molar-refractivity contribution < 1.29 is 8.91 Å². The van der Waals surface area contributed by atoms with Gasteiger partial charge in [-0.3, -0.25) is 0 Å². The summed E-state index contributed by atoms with van der Waals surface area (Å²) in [7, 11) is 0. The summed E-state index contributed by atoms with van der Waals surface area (Å²) in [6.45, 7) is 0. The minimum Gasteiger partial charge on any atom is -0.338 e. The van der Waals surface area contributed by atoms with Crippen LogP contribution in [0.3, 0.4) is 0 Å². The van der Waals surface area contributed by atoms with Crippen LogP contribution in [0.2, 0.25) is 0 Å². The first-order valence-corrected chi connectivity index (χ1v) is 9.76. The highest BCUT2D eigenvalue weighted by Gasteiger charge is 2.10. The predicted molar refractivity (Wildman–Crippen MR) is 104 cm³/mol. The Bertz CT molecular complexity index is 1050. The first-order valence-electron chi connectivity index (χ1n) is 7.98. The summed E-state index contributed by atoms with van der Waals surface area (Å²) in [5.74, 6) is 1.07. The first-order chi connectivity index (χ1) is 13.2. The molecule has 0 amide bonds. The molecule has 0 N–H and O–H groups in total. The number of aromatic nitrogens is 4. The summed E-state index contributed by atoms with van der Waals surface area (Å²) in [5, 5.41) is 13.2. The normalized spacial score (nSPS) is 10.9. The van der Waals surface area contributed by atoms with E-state index in [9.17, 15) is 4.39 Å². The molecule has 2 aromatic carbocycles. The number of rotatable bonds is 5. The van der Waals surface area contributed by atoms with Crippen molar-refractivity contribution >= 4 is 27.7 Å². The van der Waals surface area contributed by atoms with E-state index >= 15 is 0 Å². The molecule has 0 aliphatic heterocycles. The fraction of sp³-hybridized carbons (Fsp3) is 0.0526. The van der Waals surface area contributed by atoms with E-state index in [0.717, 1.165) is 20.8 Å². The number of hydrogen-bond acceptors (Lipinski definition) is 6. The van der Waals surface area contributed by atoms with Gasteiger partial charge in [0.25, 0.3) is 0 Å². The van der Waals surface area contributed by atoms with Gasteiger partial charge in [-0.15, -0.1) is 10.2 Å². The lowest BCUT2D eigenvalue weighted by atomic mass is 10.1. The second kappa shape index (κ2) is 7.98. The molecule has 27 heavy (non-hydrogen) atoms. The van der Waals surface area contributed by atoms with Gasteiger partial charge in [-0.1, -0.05) is 45.0 Å². The molecular weight excluding hydrogens is 431 g/mol. The first kappa shape index (κ1) is 17.8. The van der Waals surface area contributed by atoms with E-state index in [2.05, 4.69) is 36.3 Å². The van der Waals surface area contributed by atoms with Crippen molar-refractivity contribution in [2.45, 2.75) is 10.8 Å². The Kier molecular flexibility index (Phi) is 5.26. The zero-order valence-electron chi connectivity index (χ0n) is 13.8. The third kappa shape index (κ3) is 4.40. The molecule has 4 aromatic rings. The van der Waals surface area contributed by atoms with Crippen LogP contribution in [0.5, 0.6) is 0 Å². The molecule has 0 fully saturated rings. The molecular formula is C19H12BrFN4OS. The largest absolute Gasteiger partial charge is 0.338 e. The average molecular weight is 443 g/mol. The van der Waals surface area contributed by atoms with Gasteiger partial charge in [0.2, 0.25) is 11.7 Å². The zero-order chi connectivity index (χ0) is 18.6. The zero-order valence-corrected chi connectivity index (χ0v) is 16.2. The monoisotopic (exact) mass is 442 g/mol. The van der Waals surface area contributed by atoms with Gasteiger partial charge in [-0.2, -0.15) is 4.98 Å². The Hall–Kier alpha value is -2.58. The molecule has 0 aliphatic rings. The maximum absolute atomic E-state index is 13.0. The van der Waals surface area contributed by atoms with Crippen molar-refractivity contribution in [3.05, 3.63) is 76.8 Å². The highest BCUT2D eigenvalue weighted by molar-refractivity contribution is 9.10. The second-order valence-corrected chi connectivity index (χ2v) is 7.49. The van der Waals surface area contributed by atoms with Crippen LogP contribution < -0.4 is 0 Å². The van der Waals surface area contributed by atoms with Gasteiger partial charge in [-0.25, -0.2) is 4.39 Å². The lowest BCUT2D eigenvalue weighted by Gasteiger charge is -2.02. The minimum absolute atomic E-state index is 0.303. The lowest BCUT2D eigenvalue weighted by Crippen LogP contribution is -1.90. The van der Waals surface area contributed by atoms with Gasteiger partial charge in [-0.05, 0) is 48.5 Å². The molecule has 0 saturated heterocycles. The molecule has 2 aromatic heterocycles. The fourth-order valence-corrected chi connectivity index (χ4v) is 3.41. The number of benzene rings is 2. The van der Waals surface area contributed by atoms with Crippen LogP contribution >= 0.6 is 27.7 Å². The Morgan fingerprint density at radius 1 is 0.963 bits per heavy atom. The van der Waals surface area contributed by atoms with Crippen molar-refractivity contribution in [2.24, 2.45) is 0 Å². The lowest BCUT2D eigenvalue weighted by molar-refractivity contribution is 0.391. The fourth-order valence-electron chi connectivity index (χ4n) is 2.36. The van der Waals surface area contributed by atoms with Crippen molar-refractivity contribution in [2.75, 3.05) is 0 Å². The molecule has 0 radical (unpaired) electrons. The van der Waals surface area contributed by atoms with Crippen LogP contribution in [0.1, 0.15) is 5.89 Å². The van der Waals surface area contributed by atoms with Crippen LogP contribution in [-0.4, -0.2) is 20.3 Å². The smallest absolute Gasteiger partial charge is 0.237 e. The Labute approximate surface area is 167 Å².